The van der Waals surface area contributed by atoms with Gasteiger partial charge in [-0.25, -0.2) is 8.42 Å². The van der Waals surface area contributed by atoms with Crippen LogP contribution in [-0.2, 0) is 14.6 Å². The van der Waals surface area contributed by atoms with E-state index in [0.717, 1.165) is 16.9 Å². The molecular formula is C23H22ClNO5S2. The largest absolute Gasteiger partial charge is 0.493 e. The van der Waals surface area contributed by atoms with Gasteiger partial charge in [-0.2, -0.15) is 0 Å². The first-order chi connectivity index (χ1) is 15.3. The molecule has 6 nitrogen and oxygen atoms in total. The van der Waals surface area contributed by atoms with Gasteiger partial charge in [0.15, 0.2) is 11.5 Å². The summed E-state index contributed by atoms with van der Waals surface area (Å²) >= 11 is 7.22. The lowest BCUT2D eigenvalue weighted by molar-refractivity contribution is -0.116. The summed E-state index contributed by atoms with van der Waals surface area (Å²) in [4.78, 5) is 13.6. The maximum Gasteiger partial charge on any atom is 0.225 e. The zero-order valence-corrected chi connectivity index (χ0v) is 19.9. The van der Waals surface area contributed by atoms with E-state index in [9.17, 15) is 13.2 Å². The van der Waals surface area contributed by atoms with Gasteiger partial charge in [0.2, 0.25) is 15.7 Å². The molecule has 1 aromatic heterocycles. The molecule has 1 aliphatic rings. The fraction of sp³-hybridized carbons (Fsp3) is 0.261. The van der Waals surface area contributed by atoms with Crippen molar-refractivity contribution in [3.8, 4) is 11.5 Å². The zero-order valence-electron chi connectivity index (χ0n) is 17.6. The van der Waals surface area contributed by atoms with Crippen LogP contribution in [0.1, 0.15) is 36.1 Å². The first-order valence-electron chi connectivity index (χ1n) is 10.1. The number of sulfone groups is 1. The molecule has 0 aliphatic carbocycles. The molecule has 32 heavy (non-hydrogen) atoms. The van der Waals surface area contributed by atoms with E-state index in [4.69, 9.17) is 21.1 Å². The summed E-state index contributed by atoms with van der Waals surface area (Å²) in [7, 11) is -2.25. The highest BCUT2D eigenvalue weighted by Gasteiger charge is 2.34. The van der Waals surface area contributed by atoms with Crippen molar-refractivity contribution in [1.82, 2.24) is 0 Å². The Kier molecular flexibility index (Phi) is 6.46. The van der Waals surface area contributed by atoms with E-state index in [1.807, 2.05) is 25.1 Å². The van der Waals surface area contributed by atoms with Gasteiger partial charge < -0.3 is 14.8 Å². The van der Waals surface area contributed by atoms with Gasteiger partial charge in [0.05, 0.1) is 24.3 Å². The Morgan fingerprint density at radius 1 is 1.16 bits per heavy atom. The molecule has 1 amide bonds. The molecule has 0 saturated heterocycles. The zero-order chi connectivity index (χ0) is 22.9. The van der Waals surface area contributed by atoms with E-state index >= 15 is 0 Å². The molecule has 0 saturated carbocycles. The fourth-order valence-electron chi connectivity index (χ4n) is 3.64. The van der Waals surface area contributed by atoms with Crippen LogP contribution in [0.4, 0.5) is 5.69 Å². The highest BCUT2D eigenvalue weighted by Crippen LogP contribution is 2.47. The third kappa shape index (κ3) is 4.22. The molecule has 0 bridgehead atoms. The fourth-order valence-corrected chi connectivity index (χ4v) is 6.68. The summed E-state index contributed by atoms with van der Waals surface area (Å²) in [5, 5.41) is 4.81. The third-order valence-electron chi connectivity index (χ3n) is 5.22. The molecule has 1 atom stereocenters. The molecule has 9 heteroatoms. The van der Waals surface area contributed by atoms with Gasteiger partial charge >= 0.3 is 0 Å². The molecule has 0 radical (unpaired) electrons. The van der Waals surface area contributed by atoms with E-state index < -0.39 is 9.84 Å². The highest BCUT2D eigenvalue weighted by atomic mass is 35.5. The Hall–Kier alpha value is -2.55. The Morgan fingerprint density at radius 2 is 1.91 bits per heavy atom. The molecule has 1 aliphatic heterocycles. The van der Waals surface area contributed by atoms with Gasteiger partial charge in [-0.15, -0.1) is 11.3 Å². The average Bonchev–Trinajstić information content (AvgIpc) is 3.22. The first-order valence-corrected chi connectivity index (χ1v) is 12.8. The second-order valence-electron chi connectivity index (χ2n) is 7.36. The van der Waals surface area contributed by atoms with Gasteiger partial charge in [0.1, 0.15) is 4.90 Å². The molecule has 3 aromatic rings. The molecule has 1 N–H and O–H groups in total. The summed E-state index contributed by atoms with van der Waals surface area (Å²) in [6.45, 7) is 2.60. The smallest absolute Gasteiger partial charge is 0.225 e. The molecular weight excluding hydrogens is 470 g/mol. The summed E-state index contributed by atoms with van der Waals surface area (Å²) in [5.41, 5.74) is 1.20. The Labute approximate surface area is 196 Å². The number of ether oxygens (including phenoxy) is 2. The molecule has 4 rings (SSSR count). The van der Waals surface area contributed by atoms with Crippen molar-refractivity contribution in [3.63, 3.8) is 0 Å². The predicted octanol–water partition coefficient (Wildman–Crippen LogP) is 5.51. The Bertz CT molecular complexity index is 1250. The SMILES string of the molecule is CCCOc1ccc([C@@H]2CC(=O)Nc3c(S(=O)(=O)c4ccc(Cl)cc4)csc32)cc1OC. The molecule has 0 fully saturated rings. The van der Waals surface area contributed by atoms with Crippen LogP contribution in [0.25, 0.3) is 0 Å². The van der Waals surface area contributed by atoms with Crippen molar-refractivity contribution in [1.29, 1.82) is 0 Å². The number of halogens is 1. The molecule has 168 valence electrons. The number of hydrogen-bond donors (Lipinski definition) is 1. The lowest BCUT2D eigenvalue weighted by Crippen LogP contribution is -2.23. The number of hydrogen-bond acceptors (Lipinski definition) is 6. The molecule has 0 spiro atoms. The molecule has 0 unspecified atom stereocenters. The number of nitrogens with one attached hydrogen (secondary N) is 1. The minimum atomic E-state index is -3.82. The average molecular weight is 492 g/mol. The van der Waals surface area contributed by atoms with Gasteiger partial charge in [-0.05, 0) is 48.4 Å². The van der Waals surface area contributed by atoms with E-state index in [-0.39, 0.29) is 28.0 Å². The maximum atomic E-state index is 13.2. The summed E-state index contributed by atoms with van der Waals surface area (Å²) in [6.07, 6.45) is 1.09. The van der Waals surface area contributed by atoms with Gasteiger partial charge in [0.25, 0.3) is 0 Å². The van der Waals surface area contributed by atoms with Crippen molar-refractivity contribution >= 4 is 44.4 Å². The van der Waals surface area contributed by atoms with Crippen molar-refractivity contribution < 1.29 is 22.7 Å². The van der Waals surface area contributed by atoms with Crippen molar-refractivity contribution in [2.75, 3.05) is 19.0 Å². The number of methoxy groups -OCH3 is 1. The number of benzene rings is 2. The van der Waals surface area contributed by atoms with Crippen molar-refractivity contribution in [2.45, 2.75) is 35.5 Å². The number of carbonyl (C=O) groups is 1. The van der Waals surface area contributed by atoms with Crippen LogP contribution < -0.4 is 14.8 Å². The monoisotopic (exact) mass is 491 g/mol. The van der Waals surface area contributed by atoms with Gasteiger partial charge in [-0.1, -0.05) is 24.6 Å². The predicted molar refractivity (Wildman–Crippen MR) is 125 cm³/mol. The van der Waals surface area contributed by atoms with Gasteiger partial charge in [-0.3, -0.25) is 4.79 Å². The molecule has 2 heterocycles. The summed E-state index contributed by atoms with van der Waals surface area (Å²) in [6, 6.07) is 11.6. The second kappa shape index (κ2) is 9.13. The number of amides is 1. The van der Waals surface area contributed by atoms with Crippen LogP contribution in [0, 0.1) is 0 Å². The topological polar surface area (TPSA) is 81.7 Å². The van der Waals surface area contributed by atoms with Crippen LogP contribution in [0.5, 0.6) is 11.5 Å². The van der Waals surface area contributed by atoms with Crippen molar-refractivity contribution in [2.24, 2.45) is 0 Å². The number of thiophene rings is 1. The van der Waals surface area contributed by atoms with Crippen LogP contribution in [0.15, 0.2) is 57.6 Å². The number of carbonyl (C=O) groups excluding carboxylic acids is 1. The van der Waals surface area contributed by atoms with Crippen LogP contribution in [0.2, 0.25) is 5.02 Å². The van der Waals surface area contributed by atoms with Crippen LogP contribution in [0.3, 0.4) is 0 Å². The minimum Gasteiger partial charge on any atom is -0.493 e. The minimum absolute atomic E-state index is 0.0905. The lowest BCUT2D eigenvalue weighted by atomic mass is 9.90. The van der Waals surface area contributed by atoms with Crippen LogP contribution in [-0.4, -0.2) is 28.0 Å². The lowest BCUT2D eigenvalue weighted by Gasteiger charge is -2.24. The number of anilines is 1. The van der Waals surface area contributed by atoms with E-state index in [2.05, 4.69) is 5.32 Å². The quantitative estimate of drug-likeness (QED) is 0.471. The van der Waals surface area contributed by atoms with Gasteiger partial charge in [0, 0.05) is 27.6 Å². The standard InChI is InChI=1S/C23H22ClNO5S2/c1-3-10-30-18-9-4-14(11-19(18)29-2)17-12-21(26)25-22-20(13-31-23(17)22)32(27,28)16-7-5-15(24)6-8-16/h4-9,11,13,17H,3,10,12H2,1-2H3,(H,25,26)/t17-/m0/s1. The normalized spacial score (nSPS) is 15.7. The van der Waals surface area contributed by atoms with E-state index in [1.165, 1.54) is 35.6 Å². The van der Waals surface area contributed by atoms with Crippen LogP contribution >= 0.6 is 22.9 Å². The summed E-state index contributed by atoms with van der Waals surface area (Å²) in [5.74, 6) is 0.690. The summed E-state index contributed by atoms with van der Waals surface area (Å²) < 4.78 is 37.7. The number of fused-ring (bicyclic) bond motifs is 1. The molecule has 2 aromatic carbocycles. The third-order valence-corrected chi connectivity index (χ3v) is 8.51. The van der Waals surface area contributed by atoms with Crippen molar-refractivity contribution in [3.05, 3.63) is 63.3 Å². The second-order valence-corrected chi connectivity index (χ2v) is 10.6. The van der Waals surface area contributed by atoms with E-state index in [0.29, 0.717) is 28.8 Å². The first kappa shape index (κ1) is 22.6. The van der Waals surface area contributed by atoms with E-state index in [1.54, 1.807) is 12.5 Å². The highest BCUT2D eigenvalue weighted by molar-refractivity contribution is 7.91. The Morgan fingerprint density at radius 3 is 2.59 bits per heavy atom. The number of rotatable bonds is 7. The Balaban J connectivity index is 1.75. The maximum absolute atomic E-state index is 13.2.